The van der Waals surface area contributed by atoms with Crippen LogP contribution in [0.5, 0.6) is 5.75 Å². The Morgan fingerprint density at radius 1 is 1.25 bits per heavy atom. The number of aromatic nitrogens is 1. The number of hydrogen-bond donors (Lipinski definition) is 0. The molecule has 0 saturated heterocycles. The van der Waals surface area contributed by atoms with Crippen molar-refractivity contribution in [1.29, 1.82) is 0 Å². The molecule has 0 spiro atoms. The molecule has 0 amide bonds. The van der Waals surface area contributed by atoms with E-state index in [2.05, 4.69) is 11.9 Å². The molecule has 108 valence electrons. The largest absolute Gasteiger partial charge is 0.493 e. The van der Waals surface area contributed by atoms with E-state index in [1.165, 1.54) is 12.3 Å². The number of fused-ring (bicyclic) bond motifs is 1. The van der Waals surface area contributed by atoms with Crippen molar-refractivity contribution in [2.75, 3.05) is 6.61 Å². The van der Waals surface area contributed by atoms with Gasteiger partial charge in [-0.1, -0.05) is 19.8 Å². The molecule has 0 fully saturated rings. The van der Waals surface area contributed by atoms with Crippen molar-refractivity contribution < 1.29 is 13.2 Å². The molecular weight excluding hydrogens is 298 g/mol. The number of rotatable bonds is 6. The summed E-state index contributed by atoms with van der Waals surface area (Å²) < 4.78 is 28.8. The Balaban J connectivity index is 2.39. The van der Waals surface area contributed by atoms with Crippen LogP contribution in [0.25, 0.3) is 10.9 Å². The maximum absolute atomic E-state index is 11.5. The summed E-state index contributed by atoms with van der Waals surface area (Å²) in [5, 5.41) is 0.658. The van der Waals surface area contributed by atoms with Crippen LogP contribution in [0, 0.1) is 0 Å². The quantitative estimate of drug-likeness (QED) is 0.602. The molecule has 1 aromatic carbocycles. The molecule has 0 bridgehead atoms. The van der Waals surface area contributed by atoms with Crippen molar-refractivity contribution in [3.05, 3.63) is 30.5 Å². The average molecular weight is 314 g/mol. The van der Waals surface area contributed by atoms with E-state index in [4.69, 9.17) is 15.4 Å². The summed E-state index contributed by atoms with van der Waals surface area (Å²) >= 11 is 0. The number of unbranched alkanes of at least 4 members (excludes halogenated alkanes) is 2. The first-order valence-electron chi connectivity index (χ1n) is 6.49. The molecule has 2 aromatic rings. The van der Waals surface area contributed by atoms with E-state index in [0.717, 1.165) is 19.3 Å². The van der Waals surface area contributed by atoms with Crippen LogP contribution in [-0.2, 0) is 9.05 Å². The molecule has 0 unspecified atom stereocenters. The van der Waals surface area contributed by atoms with E-state index in [1.54, 1.807) is 18.2 Å². The maximum Gasteiger partial charge on any atom is 0.263 e. The summed E-state index contributed by atoms with van der Waals surface area (Å²) in [5.41, 5.74) is 0.343. The minimum atomic E-state index is -3.82. The van der Waals surface area contributed by atoms with E-state index in [0.29, 0.717) is 23.3 Å². The second-order valence-electron chi connectivity index (χ2n) is 4.45. The molecular formula is C14H16ClNO3S. The minimum Gasteiger partial charge on any atom is -0.493 e. The van der Waals surface area contributed by atoms with Gasteiger partial charge >= 0.3 is 0 Å². The van der Waals surface area contributed by atoms with Gasteiger partial charge in [0.05, 0.1) is 12.1 Å². The molecule has 0 atom stereocenters. The molecule has 6 heteroatoms. The number of hydrogen-bond acceptors (Lipinski definition) is 4. The van der Waals surface area contributed by atoms with Crippen LogP contribution in [0.15, 0.2) is 35.4 Å². The highest BCUT2D eigenvalue weighted by Crippen LogP contribution is 2.31. The standard InChI is InChI=1S/C14H16ClNO3S/c1-2-3-4-10-19-12-7-8-13(20(15,17)18)14-11(12)6-5-9-16-14/h5-9H,2-4,10H2,1H3. The summed E-state index contributed by atoms with van der Waals surface area (Å²) in [7, 11) is 1.61. The highest BCUT2D eigenvalue weighted by molar-refractivity contribution is 8.14. The third-order valence-corrected chi connectivity index (χ3v) is 4.31. The van der Waals surface area contributed by atoms with Gasteiger partial charge in [-0.3, -0.25) is 4.98 Å². The molecule has 2 rings (SSSR count). The van der Waals surface area contributed by atoms with Crippen molar-refractivity contribution in [3.63, 3.8) is 0 Å². The normalized spacial score (nSPS) is 11.7. The highest BCUT2D eigenvalue weighted by atomic mass is 35.7. The van der Waals surface area contributed by atoms with Gasteiger partial charge in [0.1, 0.15) is 10.6 Å². The van der Waals surface area contributed by atoms with Crippen LogP contribution in [0.4, 0.5) is 0 Å². The molecule has 1 aromatic heterocycles. The van der Waals surface area contributed by atoms with Crippen molar-refractivity contribution in [3.8, 4) is 5.75 Å². The first kappa shape index (κ1) is 15.1. The predicted octanol–water partition coefficient (Wildman–Crippen LogP) is 3.73. The summed E-state index contributed by atoms with van der Waals surface area (Å²) in [6.45, 7) is 2.73. The fourth-order valence-electron chi connectivity index (χ4n) is 1.98. The van der Waals surface area contributed by atoms with Gasteiger partial charge in [-0.2, -0.15) is 0 Å². The molecule has 1 heterocycles. The lowest BCUT2D eigenvalue weighted by Gasteiger charge is -2.10. The second-order valence-corrected chi connectivity index (χ2v) is 6.99. The van der Waals surface area contributed by atoms with Crippen molar-refractivity contribution >= 4 is 30.6 Å². The Hall–Kier alpha value is -1.33. The highest BCUT2D eigenvalue weighted by Gasteiger charge is 2.17. The van der Waals surface area contributed by atoms with Crippen molar-refractivity contribution in [2.45, 2.75) is 31.1 Å². The number of pyridine rings is 1. The SMILES string of the molecule is CCCCCOc1ccc(S(=O)(=O)Cl)c2ncccc12. The van der Waals surface area contributed by atoms with Crippen molar-refractivity contribution in [1.82, 2.24) is 4.98 Å². The fourth-order valence-corrected chi connectivity index (χ4v) is 2.98. The smallest absolute Gasteiger partial charge is 0.263 e. The summed E-state index contributed by atoms with van der Waals surface area (Å²) in [6.07, 6.45) is 4.72. The molecule has 0 aliphatic heterocycles. The fraction of sp³-hybridized carbons (Fsp3) is 0.357. The first-order chi connectivity index (χ1) is 9.54. The van der Waals surface area contributed by atoms with E-state index in [1.807, 2.05) is 0 Å². The van der Waals surface area contributed by atoms with Crippen LogP contribution in [0.1, 0.15) is 26.2 Å². The van der Waals surface area contributed by atoms with Gasteiger partial charge in [0.25, 0.3) is 9.05 Å². The van der Waals surface area contributed by atoms with E-state index in [9.17, 15) is 8.42 Å². The van der Waals surface area contributed by atoms with Gasteiger partial charge in [-0.15, -0.1) is 0 Å². The van der Waals surface area contributed by atoms with Crippen LogP contribution in [0.2, 0.25) is 0 Å². The van der Waals surface area contributed by atoms with Gasteiger partial charge in [-0.05, 0) is 30.7 Å². The minimum absolute atomic E-state index is 0.00988. The van der Waals surface area contributed by atoms with Gasteiger partial charge < -0.3 is 4.74 Å². The van der Waals surface area contributed by atoms with Gasteiger partial charge in [0.2, 0.25) is 0 Å². The molecule has 0 N–H and O–H groups in total. The Kier molecular flexibility index (Phi) is 4.83. The van der Waals surface area contributed by atoms with E-state index in [-0.39, 0.29) is 4.90 Å². The van der Waals surface area contributed by atoms with Gasteiger partial charge in [0.15, 0.2) is 0 Å². The number of ether oxygens (including phenoxy) is 1. The monoisotopic (exact) mass is 313 g/mol. The zero-order valence-corrected chi connectivity index (χ0v) is 12.7. The number of nitrogens with zero attached hydrogens (tertiary/aromatic N) is 1. The van der Waals surface area contributed by atoms with Crippen LogP contribution in [0.3, 0.4) is 0 Å². The molecule has 20 heavy (non-hydrogen) atoms. The van der Waals surface area contributed by atoms with E-state index >= 15 is 0 Å². The average Bonchev–Trinajstić information content (AvgIpc) is 2.42. The third-order valence-electron chi connectivity index (χ3n) is 2.96. The van der Waals surface area contributed by atoms with E-state index < -0.39 is 9.05 Å². The van der Waals surface area contributed by atoms with Crippen LogP contribution >= 0.6 is 10.7 Å². The van der Waals surface area contributed by atoms with Crippen LogP contribution in [-0.4, -0.2) is 20.0 Å². The Morgan fingerprint density at radius 3 is 2.75 bits per heavy atom. The number of halogens is 1. The Bertz CT molecular complexity index is 701. The molecule has 0 aliphatic rings. The Labute approximate surface area is 123 Å². The van der Waals surface area contributed by atoms with Gasteiger partial charge in [0, 0.05) is 22.3 Å². The molecule has 0 radical (unpaired) electrons. The van der Waals surface area contributed by atoms with Gasteiger partial charge in [-0.25, -0.2) is 8.42 Å². The predicted molar refractivity (Wildman–Crippen MR) is 79.8 cm³/mol. The maximum atomic E-state index is 11.5. The lowest BCUT2D eigenvalue weighted by Crippen LogP contribution is -2.00. The molecule has 4 nitrogen and oxygen atoms in total. The summed E-state index contributed by atoms with van der Waals surface area (Å²) in [6, 6.07) is 6.59. The lowest BCUT2D eigenvalue weighted by molar-refractivity contribution is 0.309. The van der Waals surface area contributed by atoms with Crippen molar-refractivity contribution in [2.24, 2.45) is 0 Å². The molecule has 0 saturated carbocycles. The second kappa shape index (κ2) is 6.41. The summed E-state index contributed by atoms with van der Waals surface area (Å²) in [4.78, 5) is 4.12. The topological polar surface area (TPSA) is 56.3 Å². The zero-order chi connectivity index (χ0) is 14.6. The third kappa shape index (κ3) is 3.41. The Morgan fingerprint density at radius 2 is 2.05 bits per heavy atom. The molecule has 0 aliphatic carbocycles. The lowest BCUT2D eigenvalue weighted by atomic mass is 10.2. The number of benzene rings is 1. The zero-order valence-electron chi connectivity index (χ0n) is 11.2. The van der Waals surface area contributed by atoms with Crippen LogP contribution < -0.4 is 4.74 Å². The summed E-state index contributed by atoms with van der Waals surface area (Å²) in [5.74, 6) is 0.633. The first-order valence-corrected chi connectivity index (χ1v) is 8.80.